The highest BCUT2D eigenvalue weighted by Crippen LogP contribution is 2.32. The molecule has 0 spiro atoms. The van der Waals surface area contributed by atoms with Crippen molar-refractivity contribution in [2.24, 2.45) is 0 Å². The Kier molecular flexibility index (Phi) is 7.35. The summed E-state index contributed by atoms with van der Waals surface area (Å²) in [5.41, 5.74) is 3.05. The molecule has 0 unspecified atom stereocenters. The zero-order chi connectivity index (χ0) is 26.6. The van der Waals surface area contributed by atoms with Crippen molar-refractivity contribution in [2.45, 2.75) is 19.0 Å². The van der Waals surface area contributed by atoms with E-state index in [2.05, 4.69) is 20.6 Å². The SMILES string of the molecule is O=C(NCc1cccc(Cl)c1)N[C@@H](Cc1ccccc1)c1nc(-c2ccc3[nH]c(=O)cc(O)c3c2)c(Cl)[nH]1. The Balaban J connectivity index is 1.42. The van der Waals surface area contributed by atoms with Crippen LogP contribution in [0, 0.1) is 0 Å². The Morgan fingerprint density at radius 2 is 1.74 bits per heavy atom. The van der Waals surface area contributed by atoms with Gasteiger partial charge in [0.15, 0.2) is 0 Å². The molecule has 0 fully saturated rings. The van der Waals surface area contributed by atoms with Gasteiger partial charge in [0.2, 0.25) is 0 Å². The molecular weight excluding hydrogens is 525 g/mol. The third-order valence-electron chi connectivity index (χ3n) is 6.03. The summed E-state index contributed by atoms with van der Waals surface area (Å²) in [7, 11) is 0. The van der Waals surface area contributed by atoms with E-state index in [4.69, 9.17) is 28.2 Å². The second kappa shape index (κ2) is 11.0. The molecule has 0 aliphatic heterocycles. The topological polar surface area (TPSA) is 123 Å². The average molecular weight is 548 g/mol. The van der Waals surface area contributed by atoms with E-state index in [1.54, 1.807) is 30.3 Å². The van der Waals surface area contributed by atoms with Gasteiger partial charge >= 0.3 is 6.03 Å². The van der Waals surface area contributed by atoms with Gasteiger partial charge in [0.1, 0.15) is 22.4 Å². The number of hydrogen-bond donors (Lipinski definition) is 5. The number of aromatic amines is 2. The number of pyridine rings is 1. The third kappa shape index (κ3) is 5.82. The van der Waals surface area contributed by atoms with Gasteiger partial charge < -0.3 is 25.7 Å². The summed E-state index contributed by atoms with van der Waals surface area (Å²) in [5.74, 6) is 0.329. The van der Waals surface area contributed by atoms with E-state index in [0.717, 1.165) is 17.2 Å². The molecule has 0 aliphatic rings. The lowest BCUT2D eigenvalue weighted by atomic mass is 10.1. The minimum absolute atomic E-state index is 0.141. The van der Waals surface area contributed by atoms with Crippen molar-refractivity contribution >= 4 is 40.1 Å². The fraction of sp³-hybridized carbons (Fsp3) is 0.107. The van der Waals surface area contributed by atoms with Crippen molar-refractivity contribution in [1.82, 2.24) is 25.6 Å². The normalized spacial score (nSPS) is 11.8. The van der Waals surface area contributed by atoms with Crippen molar-refractivity contribution in [3.8, 4) is 17.0 Å². The number of amides is 2. The van der Waals surface area contributed by atoms with E-state index in [9.17, 15) is 14.7 Å². The van der Waals surface area contributed by atoms with Gasteiger partial charge in [0.25, 0.3) is 5.56 Å². The molecule has 0 bridgehead atoms. The Morgan fingerprint density at radius 3 is 2.53 bits per heavy atom. The minimum atomic E-state index is -0.520. The molecule has 2 heterocycles. The first-order valence-electron chi connectivity index (χ1n) is 11.8. The molecule has 3 aromatic carbocycles. The van der Waals surface area contributed by atoms with Crippen LogP contribution >= 0.6 is 23.2 Å². The lowest BCUT2D eigenvalue weighted by Crippen LogP contribution is -2.38. The largest absolute Gasteiger partial charge is 0.507 e. The monoisotopic (exact) mass is 547 g/mol. The molecule has 5 aromatic rings. The molecule has 8 nitrogen and oxygen atoms in total. The van der Waals surface area contributed by atoms with Crippen molar-refractivity contribution in [1.29, 1.82) is 0 Å². The van der Waals surface area contributed by atoms with Crippen molar-refractivity contribution in [3.63, 3.8) is 0 Å². The lowest BCUT2D eigenvalue weighted by molar-refractivity contribution is 0.236. The van der Waals surface area contributed by atoms with Gasteiger partial charge in [-0.3, -0.25) is 4.79 Å². The fourth-order valence-electron chi connectivity index (χ4n) is 4.21. The molecule has 0 aliphatic carbocycles. The second-order valence-electron chi connectivity index (χ2n) is 8.76. The van der Waals surface area contributed by atoms with Crippen LogP contribution in [0.25, 0.3) is 22.2 Å². The third-order valence-corrected chi connectivity index (χ3v) is 6.54. The number of nitrogens with one attached hydrogen (secondary N) is 4. The van der Waals surface area contributed by atoms with E-state index in [-0.39, 0.29) is 16.9 Å². The standard InChI is InChI=1S/C28H23Cl2N5O3/c29-19-8-4-7-17(11-19)15-31-28(38)33-22(12-16-5-2-1-3-6-16)27-34-25(26(30)35-27)18-9-10-21-20(13-18)23(36)14-24(37)32-21/h1-11,13-14,22H,12,15H2,(H,34,35)(H2,31,33,38)(H2,32,36,37)/t22-/m0/s1. The van der Waals surface area contributed by atoms with Crippen LogP contribution in [0.15, 0.2) is 83.7 Å². The van der Waals surface area contributed by atoms with Crippen molar-refractivity contribution in [3.05, 3.63) is 116 Å². The summed E-state index contributed by atoms with van der Waals surface area (Å²) in [4.78, 5) is 35.0. The van der Waals surface area contributed by atoms with Gasteiger partial charge in [-0.2, -0.15) is 0 Å². The first-order chi connectivity index (χ1) is 18.4. The molecule has 0 saturated carbocycles. The van der Waals surface area contributed by atoms with Crippen molar-refractivity contribution in [2.75, 3.05) is 0 Å². The first-order valence-corrected chi connectivity index (χ1v) is 12.6. The molecule has 0 saturated heterocycles. The van der Waals surface area contributed by atoms with Gasteiger partial charge in [-0.15, -0.1) is 0 Å². The number of nitrogens with zero attached hydrogens (tertiary/aromatic N) is 1. The number of imidazole rings is 1. The Hall–Kier alpha value is -4.27. The predicted octanol–water partition coefficient (Wildman–Crippen LogP) is 5.71. The maximum atomic E-state index is 12.9. The molecule has 192 valence electrons. The number of aromatic hydroxyl groups is 1. The molecule has 10 heteroatoms. The summed E-state index contributed by atoms with van der Waals surface area (Å²) in [6.07, 6.45) is 0.467. The van der Waals surface area contributed by atoms with Crippen LogP contribution in [0.2, 0.25) is 10.2 Å². The maximum absolute atomic E-state index is 12.9. The molecule has 2 aromatic heterocycles. The number of aromatic nitrogens is 3. The van der Waals surface area contributed by atoms with Gasteiger partial charge in [-0.1, -0.05) is 71.7 Å². The number of rotatable bonds is 7. The lowest BCUT2D eigenvalue weighted by Gasteiger charge is -2.17. The Morgan fingerprint density at radius 1 is 0.947 bits per heavy atom. The molecule has 2 amide bonds. The number of urea groups is 1. The molecule has 1 atom stereocenters. The highest BCUT2D eigenvalue weighted by atomic mass is 35.5. The second-order valence-corrected chi connectivity index (χ2v) is 9.58. The number of benzene rings is 3. The maximum Gasteiger partial charge on any atom is 0.315 e. The summed E-state index contributed by atoms with van der Waals surface area (Å²) in [6, 6.07) is 22.3. The van der Waals surface area contributed by atoms with Gasteiger partial charge in [-0.25, -0.2) is 9.78 Å². The van der Waals surface area contributed by atoms with Crippen LogP contribution in [0.3, 0.4) is 0 Å². The van der Waals surface area contributed by atoms with E-state index in [0.29, 0.717) is 46.0 Å². The van der Waals surface area contributed by atoms with Crippen LogP contribution in [-0.2, 0) is 13.0 Å². The summed E-state index contributed by atoms with van der Waals surface area (Å²) in [5, 5.41) is 17.4. The first kappa shape index (κ1) is 25.4. The number of halogens is 2. The smallest absolute Gasteiger partial charge is 0.315 e. The van der Waals surface area contributed by atoms with Gasteiger partial charge in [0.05, 0.1) is 11.6 Å². The number of hydrogen-bond acceptors (Lipinski definition) is 4. The molecular formula is C28H23Cl2N5O3. The number of H-pyrrole nitrogens is 2. The van der Waals surface area contributed by atoms with Crippen molar-refractivity contribution < 1.29 is 9.90 Å². The molecule has 0 radical (unpaired) electrons. The molecule has 5 N–H and O–H groups in total. The summed E-state index contributed by atoms with van der Waals surface area (Å²) < 4.78 is 0. The average Bonchev–Trinajstić information content (AvgIpc) is 3.29. The van der Waals surface area contributed by atoms with E-state index in [1.807, 2.05) is 42.5 Å². The van der Waals surface area contributed by atoms with Crippen LogP contribution in [-0.4, -0.2) is 26.1 Å². The number of fused-ring (bicyclic) bond motifs is 1. The van der Waals surface area contributed by atoms with Crippen LogP contribution < -0.4 is 16.2 Å². The van der Waals surface area contributed by atoms with Crippen LogP contribution in [0.4, 0.5) is 4.79 Å². The van der Waals surface area contributed by atoms with Crippen LogP contribution in [0.1, 0.15) is 23.0 Å². The highest BCUT2D eigenvalue weighted by molar-refractivity contribution is 6.32. The minimum Gasteiger partial charge on any atom is -0.507 e. The summed E-state index contributed by atoms with van der Waals surface area (Å²) in [6.45, 7) is 0.303. The number of carbonyl (C=O) groups is 1. The highest BCUT2D eigenvalue weighted by Gasteiger charge is 2.22. The van der Waals surface area contributed by atoms with E-state index >= 15 is 0 Å². The van der Waals surface area contributed by atoms with Gasteiger partial charge in [-0.05, 0) is 41.8 Å². The fourth-order valence-corrected chi connectivity index (χ4v) is 4.67. The molecule has 38 heavy (non-hydrogen) atoms. The Labute approximate surface area is 227 Å². The Bertz CT molecular complexity index is 1670. The predicted molar refractivity (Wildman–Crippen MR) is 149 cm³/mol. The number of carbonyl (C=O) groups excluding carboxylic acids is 1. The summed E-state index contributed by atoms with van der Waals surface area (Å²) >= 11 is 12.6. The zero-order valence-electron chi connectivity index (χ0n) is 20.0. The quantitative estimate of drug-likeness (QED) is 0.179. The van der Waals surface area contributed by atoms with Crippen LogP contribution in [0.5, 0.6) is 5.75 Å². The van der Waals surface area contributed by atoms with Gasteiger partial charge in [0, 0.05) is 28.6 Å². The van der Waals surface area contributed by atoms with E-state index < -0.39 is 11.6 Å². The zero-order valence-corrected chi connectivity index (χ0v) is 21.5. The molecule has 5 rings (SSSR count). The van der Waals surface area contributed by atoms with E-state index in [1.165, 1.54) is 0 Å².